The van der Waals surface area contributed by atoms with Crippen molar-refractivity contribution in [2.45, 2.75) is 31.7 Å². The standard InChI is InChI=1S/C15H19IN2O.ClH/c16-11-5-7-12(8-6-11)18-15(19)14(17)13(9-1-2-9)10-3-4-10;/h5-10,13-14H,1-4,17H2,(H,18,19);1H. The molecule has 2 aliphatic rings. The van der Waals surface area contributed by atoms with Crippen LogP contribution in [0.5, 0.6) is 0 Å². The van der Waals surface area contributed by atoms with E-state index in [0.29, 0.717) is 17.8 Å². The van der Waals surface area contributed by atoms with E-state index in [9.17, 15) is 4.79 Å². The van der Waals surface area contributed by atoms with Crippen LogP contribution in [0, 0.1) is 21.3 Å². The van der Waals surface area contributed by atoms with E-state index in [1.54, 1.807) is 0 Å². The van der Waals surface area contributed by atoms with Crippen molar-refractivity contribution in [1.29, 1.82) is 0 Å². The number of benzene rings is 1. The minimum atomic E-state index is -0.348. The molecule has 0 bridgehead atoms. The zero-order chi connectivity index (χ0) is 13.4. The van der Waals surface area contributed by atoms with E-state index in [4.69, 9.17) is 5.73 Å². The Morgan fingerprint density at radius 3 is 2.10 bits per heavy atom. The average molecular weight is 407 g/mol. The molecular formula is C15H20ClIN2O. The highest BCUT2D eigenvalue weighted by Crippen LogP contribution is 2.50. The lowest BCUT2D eigenvalue weighted by Crippen LogP contribution is -2.43. The first kappa shape index (κ1) is 16.0. The summed E-state index contributed by atoms with van der Waals surface area (Å²) in [6, 6.07) is 7.48. The van der Waals surface area contributed by atoms with Crippen molar-refractivity contribution >= 4 is 46.6 Å². The number of rotatable bonds is 5. The van der Waals surface area contributed by atoms with E-state index in [1.807, 2.05) is 24.3 Å². The molecule has 2 saturated carbocycles. The Labute approximate surface area is 139 Å². The predicted molar refractivity (Wildman–Crippen MR) is 92.0 cm³/mol. The minimum absolute atomic E-state index is 0. The number of halogens is 2. The van der Waals surface area contributed by atoms with Crippen molar-refractivity contribution < 1.29 is 4.79 Å². The second-order valence-corrected chi connectivity index (χ2v) is 7.02. The number of nitrogens with one attached hydrogen (secondary N) is 1. The topological polar surface area (TPSA) is 55.1 Å². The van der Waals surface area contributed by atoms with Gasteiger partial charge in [0.1, 0.15) is 0 Å². The summed E-state index contributed by atoms with van der Waals surface area (Å²) in [7, 11) is 0. The maximum atomic E-state index is 12.3. The summed E-state index contributed by atoms with van der Waals surface area (Å²) in [4.78, 5) is 12.3. The van der Waals surface area contributed by atoms with Crippen LogP contribution in [0.25, 0.3) is 0 Å². The summed E-state index contributed by atoms with van der Waals surface area (Å²) in [5.41, 5.74) is 7.05. The number of hydrogen-bond donors (Lipinski definition) is 2. The SMILES string of the molecule is Cl.NC(C(=O)Nc1ccc(I)cc1)C(C1CC1)C1CC1. The maximum Gasteiger partial charge on any atom is 0.241 e. The smallest absolute Gasteiger partial charge is 0.241 e. The summed E-state index contributed by atoms with van der Waals surface area (Å²) in [6.45, 7) is 0. The van der Waals surface area contributed by atoms with Crippen molar-refractivity contribution in [2.75, 3.05) is 5.32 Å². The fourth-order valence-electron chi connectivity index (χ4n) is 2.87. The molecule has 1 unspecified atom stereocenters. The van der Waals surface area contributed by atoms with Gasteiger partial charge in [-0.25, -0.2) is 0 Å². The number of amides is 1. The first-order valence-corrected chi connectivity index (χ1v) is 8.05. The Hall–Kier alpha value is -0.330. The van der Waals surface area contributed by atoms with Gasteiger partial charge in [-0.15, -0.1) is 12.4 Å². The lowest BCUT2D eigenvalue weighted by atomic mass is 9.89. The zero-order valence-electron chi connectivity index (χ0n) is 11.2. The molecule has 3 N–H and O–H groups in total. The number of hydrogen-bond acceptors (Lipinski definition) is 2. The summed E-state index contributed by atoms with van der Waals surface area (Å²) < 4.78 is 1.16. The van der Waals surface area contributed by atoms with Gasteiger partial charge in [0, 0.05) is 9.26 Å². The van der Waals surface area contributed by atoms with Crippen molar-refractivity contribution in [1.82, 2.24) is 0 Å². The van der Waals surface area contributed by atoms with Crippen LogP contribution in [0.15, 0.2) is 24.3 Å². The van der Waals surface area contributed by atoms with Crippen molar-refractivity contribution in [3.8, 4) is 0 Å². The lowest BCUT2D eigenvalue weighted by Gasteiger charge is -2.22. The molecule has 5 heteroatoms. The van der Waals surface area contributed by atoms with E-state index < -0.39 is 0 Å². The van der Waals surface area contributed by atoms with E-state index >= 15 is 0 Å². The molecule has 1 aromatic rings. The molecular weight excluding hydrogens is 387 g/mol. The molecule has 20 heavy (non-hydrogen) atoms. The Bertz CT molecular complexity index is 459. The fraction of sp³-hybridized carbons (Fsp3) is 0.533. The highest BCUT2D eigenvalue weighted by Gasteiger charge is 2.46. The van der Waals surface area contributed by atoms with Crippen LogP contribution in [0.2, 0.25) is 0 Å². The number of carbonyl (C=O) groups excluding carboxylic acids is 1. The van der Waals surface area contributed by atoms with Crippen LogP contribution in [0.3, 0.4) is 0 Å². The van der Waals surface area contributed by atoms with Gasteiger partial charge in [-0.05, 0) is 90.3 Å². The molecule has 110 valence electrons. The van der Waals surface area contributed by atoms with E-state index in [2.05, 4.69) is 27.9 Å². The summed E-state index contributed by atoms with van der Waals surface area (Å²) in [6.07, 6.45) is 5.02. The van der Waals surface area contributed by atoms with E-state index in [-0.39, 0.29) is 24.4 Å². The van der Waals surface area contributed by atoms with Crippen LogP contribution in [0.4, 0.5) is 5.69 Å². The number of carbonyl (C=O) groups is 1. The second kappa shape index (κ2) is 6.62. The first-order chi connectivity index (χ1) is 9.15. The van der Waals surface area contributed by atoms with Gasteiger partial charge in [-0.3, -0.25) is 4.79 Å². The van der Waals surface area contributed by atoms with Gasteiger partial charge in [-0.1, -0.05) is 0 Å². The molecule has 1 atom stereocenters. The Morgan fingerprint density at radius 1 is 1.15 bits per heavy atom. The number of anilines is 1. The predicted octanol–water partition coefficient (Wildman–Crippen LogP) is 3.42. The van der Waals surface area contributed by atoms with Gasteiger partial charge in [0.25, 0.3) is 0 Å². The van der Waals surface area contributed by atoms with E-state index in [0.717, 1.165) is 9.26 Å². The van der Waals surface area contributed by atoms with Crippen molar-refractivity contribution in [3.05, 3.63) is 27.8 Å². The third-order valence-corrected chi connectivity index (χ3v) is 4.88. The highest BCUT2D eigenvalue weighted by atomic mass is 127. The molecule has 0 aliphatic heterocycles. The highest BCUT2D eigenvalue weighted by molar-refractivity contribution is 14.1. The van der Waals surface area contributed by atoms with Gasteiger partial charge in [0.05, 0.1) is 6.04 Å². The fourth-order valence-corrected chi connectivity index (χ4v) is 3.23. The summed E-state index contributed by atoms with van der Waals surface area (Å²) >= 11 is 2.25. The molecule has 1 amide bonds. The molecule has 0 radical (unpaired) electrons. The Kier molecular flexibility index (Phi) is 5.31. The molecule has 0 heterocycles. The zero-order valence-corrected chi connectivity index (χ0v) is 14.2. The molecule has 1 aromatic carbocycles. The van der Waals surface area contributed by atoms with Gasteiger partial charge in [0.2, 0.25) is 5.91 Å². The molecule has 3 rings (SSSR count). The monoisotopic (exact) mass is 406 g/mol. The quantitative estimate of drug-likeness (QED) is 0.736. The maximum absolute atomic E-state index is 12.3. The molecule has 2 fully saturated rings. The average Bonchev–Trinajstić information content (AvgIpc) is 3.25. The van der Waals surface area contributed by atoms with Gasteiger partial charge in [0.15, 0.2) is 0 Å². The normalized spacial score (nSPS) is 19.4. The Balaban J connectivity index is 0.00000147. The molecule has 0 aromatic heterocycles. The van der Waals surface area contributed by atoms with Crippen LogP contribution >= 0.6 is 35.0 Å². The lowest BCUT2D eigenvalue weighted by molar-refractivity contribution is -0.118. The molecule has 0 spiro atoms. The van der Waals surface area contributed by atoms with Crippen molar-refractivity contribution in [2.24, 2.45) is 23.5 Å². The molecule has 2 aliphatic carbocycles. The van der Waals surface area contributed by atoms with Crippen molar-refractivity contribution in [3.63, 3.8) is 0 Å². The van der Waals surface area contributed by atoms with Crippen LogP contribution in [-0.4, -0.2) is 11.9 Å². The van der Waals surface area contributed by atoms with E-state index in [1.165, 1.54) is 25.7 Å². The molecule has 0 saturated heterocycles. The molecule has 3 nitrogen and oxygen atoms in total. The summed E-state index contributed by atoms with van der Waals surface area (Å²) in [5, 5.41) is 2.95. The largest absolute Gasteiger partial charge is 0.325 e. The third kappa shape index (κ3) is 3.86. The Morgan fingerprint density at radius 2 is 1.65 bits per heavy atom. The third-order valence-electron chi connectivity index (χ3n) is 4.16. The van der Waals surface area contributed by atoms with Gasteiger partial charge < -0.3 is 11.1 Å². The first-order valence-electron chi connectivity index (χ1n) is 6.97. The van der Waals surface area contributed by atoms with Crippen LogP contribution in [-0.2, 0) is 4.79 Å². The minimum Gasteiger partial charge on any atom is -0.325 e. The van der Waals surface area contributed by atoms with Gasteiger partial charge >= 0.3 is 0 Å². The van der Waals surface area contributed by atoms with Crippen LogP contribution < -0.4 is 11.1 Å². The second-order valence-electron chi connectivity index (χ2n) is 5.77. The number of nitrogens with two attached hydrogens (primary N) is 1. The summed E-state index contributed by atoms with van der Waals surface area (Å²) in [5.74, 6) is 1.78. The van der Waals surface area contributed by atoms with Crippen LogP contribution in [0.1, 0.15) is 25.7 Å². The van der Waals surface area contributed by atoms with Gasteiger partial charge in [-0.2, -0.15) is 0 Å².